The van der Waals surface area contributed by atoms with E-state index < -0.39 is 4.32 Å². The zero-order valence-corrected chi connectivity index (χ0v) is 16.0. The fraction of sp³-hybridized carbons (Fsp3) is 0.278. The van der Waals surface area contributed by atoms with Crippen molar-refractivity contribution in [3.63, 3.8) is 0 Å². The highest BCUT2D eigenvalue weighted by molar-refractivity contribution is 9.12. The number of alkyl halides is 2. The lowest BCUT2D eigenvalue weighted by atomic mass is 9.81. The van der Waals surface area contributed by atoms with Crippen molar-refractivity contribution in [2.45, 2.75) is 28.4 Å². The van der Waals surface area contributed by atoms with Crippen LogP contribution in [0.3, 0.4) is 0 Å². The van der Waals surface area contributed by atoms with Gasteiger partial charge in [0.05, 0.1) is 4.83 Å². The van der Waals surface area contributed by atoms with Crippen LogP contribution >= 0.6 is 43.2 Å². The van der Waals surface area contributed by atoms with E-state index in [-0.39, 0.29) is 10.6 Å². The fourth-order valence-electron chi connectivity index (χ4n) is 2.82. The zero-order chi connectivity index (χ0) is 15.6. The summed E-state index contributed by atoms with van der Waals surface area (Å²) < 4.78 is -0.545. The molecule has 0 bridgehead atoms. The first-order valence-corrected chi connectivity index (χ1v) is 9.87. The average molecular weight is 440 g/mol. The molecule has 0 aliphatic heterocycles. The molecule has 114 valence electrons. The maximum absolute atomic E-state index is 13.0. The second kappa shape index (κ2) is 6.81. The Morgan fingerprint density at radius 1 is 1.18 bits per heavy atom. The molecule has 3 rings (SSSR count). The van der Waals surface area contributed by atoms with Gasteiger partial charge in [0.25, 0.3) is 0 Å². The molecule has 2 aromatic rings. The van der Waals surface area contributed by atoms with E-state index in [1.807, 2.05) is 47.9 Å². The Morgan fingerprint density at radius 2 is 1.95 bits per heavy atom. The molecule has 1 aromatic heterocycles. The van der Waals surface area contributed by atoms with E-state index in [1.54, 1.807) is 11.3 Å². The number of ketones is 1. The van der Waals surface area contributed by atoms with Gasteiger partial charge in [0.1, 0.15) is 4.32 Å². The van der Waals surface area contributed by atoms with Crippen LogP contribution in [0.2, 0.25) is 0 Å². The van der Waals surface area contributed by atoms with Gasteiger partial charge < -0.3 is 0 Å². The Bertz CT molecular complexity index is 678. The largest absolute Gasteiger partial charge is 0.293 e. The van der Waals surface area contributed by atoms with Crippen molar-refractivity contribution in [1.29, 1.82) is 0 Å². The summed E-state index contributed by atoms with van der Waals surface area (Å²) in [5.74, 6) is 0.206. The van der Waals surface area contributed by atoms with E-state index in [0.29, 0.717) is 0 Å². The highest BCUT2D eigenvalue weighted by atomic mass is 79.9. The van der Waals surface area contributed by atoms with Crippen LogP contribution in [0.4, 0.5) is 0 Å². The Hall–Kier alpha value is -0.710. The first kappa shape index (κ1) is 16.2. The third-order valence-corrected chi connectivity index (χ3v) is 8.33. The number of carbonyl (C=O) groups is 1. The van der Waals surface area contributed by atoms with Crippen LogP contribution in [0.15, 0.2) is 53.4 Å². The summed E-state index contributed by atoms with van der Waals surface area (Å²) >= 11 is 9.20. The van der Waals surface area contributed by atoms with Crippen LogP contribution in [-0.4, -0.2) is 10.1 Å². The highest BCUT2D eigenvalue weighted by Crippen LogP contribution is 2.50. The van der Waals surface area contributed by atoms with E-state index in [9.17, 15) is 4.79 Å². The number of carbonyl (C=O) groups excluding carboxylic acids is 1. The van der Waals surface area contributed by atoms with Gasteiger partial charge in [-0.1, -0.05) is 68.3 Å². The molecule has 1 aliphatic carbocycles. The molecule has 4 heteroatoms. The van der Waals surface area contributed by atoms with Crippen LogP contribution in [-0.2, 0) is 4.79 Å². The molecule has 1 saturated carbocycles. The summed E-state index contributed by atoms with van der Waals surface area (Å²) in [7, 11) is 0. The van der Waals surface area contributed by atoms with Gasteiger partial charge >= 0.3 is 0 Å². The van der Waals surface area contributed by atoms with Gasteiger partial charge in [-0.3, -0.25) is 4.79 Å². The molecule has 0 amide bonds. The lowest BCUT2D eigenvalue weighted by molar-refractivity contribution is -0.118. The maximum atomic E-state index is 13.0. The van der Waals surface area contributed by atoms with Crippen molar-refractivity contribution < 1.29 is 4.79 Å². The molecule has 1 aliphatic rings. The molecular formula is C18H16Br2OS. The number of Topliss-reactive ketones (excluding diaryl/α,β-unsaturated/α-hetero) is 1. The van der Waals surface area contributed by atoms with Crippen molar-refractivity contribution in [1.82, 2.24) is 0 Å². The lowest BCUT2D eigenvalue weighted by Gasteiger charge is -2.35. The van der Waals surface area contributed by atoms with Gasteiger partial charge in [0, 0.05) is 4.88 Å². The SMILES string of the molecule is O=C1C(=Cc2ccccc2)CCCC1(Br)C(Br)c1cccs1. The van der Waals surface area contributed by atoms with Crippen molar-refractivity contribution in [2.75, 3.05) is 0 Å². The predicted molar refractivity (Wildman–Crippen MR) is 101 cm³/mol. The number of thiophene rings is 1. The summed E-state index contributed by atoms with van der Waals surface area (Å²) in [5, 5.41) is 2.05. The Balaban J connectivity index is 1.91. The van der Waals surface area contributed by atoms with Gasteiger partial charge in [-0.15, -0.1) is 11.3 Å². The van der Waals surface area contributed by atoms with Gasteiger partial charge in [-0.05, 0) is 47.9 Å². The van der Waals surface area contributed by atoms with E-state index >= 15 is 0 Å². The van der Waals surface area contributed by atoms with E-state index in [1.165, 1.54) is 4.88 Å². The standard InChI is InChI=1S/C18H16Br2OS/c19-16(15-9-5-11-22-15)18(20)10-4-8-14(17(18)21)12-13-6-2-1-3-7-13/h1-3,5-7,9,11-12,16H,4,8,10H2. The van der Waals surface area contributed by atoms with Gasteiger partial charge in [0.2, 0.25) is 0 Å². The fourth-order valence-corrected chi connectivity index (χ4v) is 5.46. The average Bonchev–Trinajstić information content (AvgIpc) is 3.06. The van der Waals surface area contributed by atoms with Crippen molar-refractivity contribution in [3.05, 3.63) is 63.9 Å². The number of halogens is 2. The third kappa shape index (κ3) is 3.15. The maximum Gasteiger partial charge on any atom is 0.177 e. The normalized spacial score (nSPS) is 25.4. The topological polar surface area (TPSA) is 17.1 Å². The van der Waals surface area contributed by atoms with Crippen molar-refractivity contribution >= 4 is 55.1 Å². The molecule has 0 saturated heterocycles. The van der Waals surface area contributed by atoms with E-state index in [4.69, 9.17) is 0 Å². The van der Waals surface area contributed by atoms with Crippen LogP contribution in [0.25, 0.3) is 6.08 Å². The van der Waals surface area contributed by atoms with Gasteiger partial charge in [-0.25, -0.2) is 0 Å². The molecule has 22 heavy (non-hydrogen) atoms. The highest BCUT2D eigenvalue weighted by Gasteiger charge is 2.46. The molecule has 1 fully saturated rings. The Labute approximate surface area is 151 Å². The molecular weight excluding hydrogens is 424 g/mol. The molecule has 0 radical (unpaired) electrons. The molecule has 1 nitrogen and oxygen atoms in total. The predicted octanol–water partition coefficient (Wildman–Crippen LogP) is 6.15. The second-order valence-corrected chi connectivity index (χ2v) is 8.81. The van der Waals surface area contributed by atoms with Crippen molar-refractivity contribution in [2.24, 2.45) is 0 Å². The number of rotatable bonds is 3. The van der Waals surface area contributed by atoms with Crippen LogP contribution in [0.5, 0.6) is 0 Å². The van der Waals surface area contributed by atoms with Crippen LogP contribution in [0, 0.1) is 0 Å². The molecule has 2 atom stereocenters. The summed E-state index contributed by atoms with van der Waals surface area (Å²) in [6.07, 6.45) is 4.76. The lowest BCUT2D eigenvalue weighted by Crippen LogP contribution is -2.40. The number of benzene rings is 1. The minimum absolute atomic E-state index is 0.00646. The summed E-state index contributed by atoms with van der Waals surface area (Å²) in [4.78, 5) is 14.2. The molecule has 0 spiro atoms. The minimum Gasteiger partial charge on any atom is -0.293 e. The summed E-state index contributed by atoms with van der Waals surface area (Å²) in [6.45, 7) is 0. The van der Waals surface area contributed by atoms with Crippen LogP contribution < -0.4 is 0 Å². The monoisotopic (exact) mass is 438 g/mol. The van der Waals surface area contributed by atoms with E-state index in [0.717, 1.165) is 30.4 Å². The third-order valence-electron chi connectivity index (χ3n) is 3.99. The summed E-state index contributed by atoms with van der Waals surface area (Å²) in [6, 6.07) is 14.2. The molecule has 0 N–H and O–H groups in total. The quantitative estimate of drug-likeness (QED) is 0.413. The molecule has 1 aromatic carbocycles. The Morgan fingerprint density at radius 3 is 2.64 bits per heavy atom. The smallest absolute Gasteiger partial charge is 0.177 e. The molecule has 1 heterocycles. The number of allylic oxidation sites excluding steroid dienone is 1. The minimum atomic E-state index is -0.545. The van der Waals surface area contributed by atoms with Crippen LogP contribution in [0.1, 0.15) is 34.5 Å². The second-order valence-electron chi connectivity index (χ2n) is 5.50. The van der Waals surface area contributed by atoms with Gasteiger partial charge in [0.15, 0.2) is 5.78 Å². The van der Waals surface area contributed by atoms with Crippen molar-refractivity contribution in [3.8, 4) is 0 Å². The zero-order valence-electron chi connectivity index (χ0n) is 12.0. The first-order valence-electron chi connectivity index (χ1n) is 7.28. The number of hydrogen-bond donors (Lipinski definition) is 0. The van der Waals surface area contributed by atoms with Gasteiger partial charge in [-0.2, -0.15) is 0 Å². The first-order chi connectivity index (χ1) is 10.6. The van der Waals surface area contributed by atoms with E-state index in [2.05, 4.69) is 37.9 Å². The molecule has 2 unspecified atom stereocenters. The Kier molecular flexibility index (Phi) is 5.00. The number of hydrogen-bond acceptors (Lipinski definition) is 2. The summed E-state index contributed by atoms with van der Waals surface area (Å²) in [5.41, 5.74) is 2.00.